The fourth-order valence-electron chi connectivity index (χ4n) is 4.57. The Balaban J connectivity index is 1.92. The summed E-state index contributed by atoms with van der Waals surface area (Å²) in [6, 6.07) is 12.9. The van der Waals surface area contributed by atoms with Gasteiger partial charge in [-0.25, -0.2) is 0 Å². The Morgan fingerprint density at radius 1 is 0.926 bits per heavy atom. The molecule has 4 unspecified atom stereocenters. The summed E-state index contributed by atoms with van der Waals surface area (Å²) < 4.78 is 14.9. The summed E-state index contributed by atoms with van der Waals surface area (Å²) in [5, 5.41) is 4.80. The SMILES string of the molecule is C=C1/C(Br)=c2/ccc3ccccc3/c2=C(\Br)C2C=CC1C1OC(C)(C)OC21. The quantitative estimate of drug-likeness (QED) is 0.500. The van der Waals surface area contributed by atoms with E-state index in [1.54, 1.807) is 0 Å². The lowest BCUT2D eigenvalue weighted by molar-refractivity contribution is -0.148. The van der Waals surface area contributed by atoms with Crippen molar-refractivity contribution in [2.24, 2.45) is 11.8 Å². The Morgan fingerprint density at radius 3 is 2.37 bits per heavy atom. The topological polar surface area (TPSA) is 18.5 Å². The molecule has 1 heterocycles. The van der Waals surface area contributed by atoms with Crippen molar-refractivity contribution in [1.29, 1.82) is 0 Å². The molecule has 4 atom stereocenters. The molecular formula is C23H20Br2O2. The van der Waals surface area contributed by atoms with Crippen LogP contribution in [-0.2, 0) is 9.47 Å². The van der Waals surface area contributed by atoms with Crippen molar-refractivity contribution in [2.75, 3.05) is 0 Å². The van der Waals surface area contributed by atoms with Gasteiger partial charge in [0, 0.05) is 26.0 Å². The minimum atomic E-state index is -0.599. The normalized spacial score (nSPS) is 35.5. The molecule has 4 heteroatoms. The third kappa shape index (κ3) is 2.65. The van der Waals surface area contributed by atoms with Crippen molar-refractivity contribution in [2.45, 2.75) is 31.8 Å². The molecule has 2 aliphatic carbocycles. The molecule has 3 aliphatic rings. The van der Waals surface area contributed by atoms with Crippen LogP contribution in [0.2, 0.25) is 0 Å². The monoisotopic (exact) mass is 486 g/mol. The molecule has 1 saturated heterocycles. The van der Waals surface area contributed by atoms with E-state index in [0.29, 0.717) is 0 Å². The molecule has 1 aliphatic heterocycles. The average Bonchev–Trinajstić information content (AvgIpc) is 3.00. The lowest BCUT2D eigenvalue weighted by atomic mass is 9.80. The summed E-state index contributed by atoms with van der Waals surface area (Å²) in [5.41, 5.74) is 1.03. The number of hydrogen-bond acceptors (Lipinski definition) is 2. The fourth-order valence-corrected chi connectivity index (χ4v) is 6.01. The first-order valence-corrected chi connectivity index (χ1v) is 10.8. The molecule has 2 aromatic rings. The van der Waals surface area contributed by atoms with Crippen molar-refractivity contribution in [1.82, 2.24) is 0 Å². The van der Waals surface area contributed by atoms with Gasteiger partial charge < -0.3 is 9.47 Å². The molecule has 138 valence electrons. The van der Waals surface area contributed by atoms with Crippen LogP contribution in [0.1, 0.15) is 13.8 Å². The zero-order valence-electron chi connectivity index (χ0n) is 15.2. The van der Waals surface area contributed by atoms with Crippen LogP contribution in [0.25, 0.3) is 19.7 Å². The van der Waals surface area contributed by atoms with E-state index in [1.807, 2.05) is 13.8 Å². The first-order chi connectivity index (χ1) is 12.9. The molecule has 0 radical (unpaired) electrons. The van der Waals surface area contributed by atoms with Crippen LogP contribution < -0.4 is 10.4 Å². The van der Waals surface area contributed by atoms with E-state index >= 15 is 0 Å². The van der Waals surface area contributed by atoms with E-state index in [0.717, 1.165) is 19.8 Å². The van der Waals surface area contributed by atoms with Gasteiger partial charge in [-0.05, 0) is 51.3 Å². The zero-order valence-corrected chi connectivity index (χ0v) is 18.4. The summed E-state index contributed by atoms with van der Waals surface area (Å²) in [7, 11) is 0. The van der Waals surface area contributed by atoms with Crippen molar-refractivity contribution in [3.63, 3.8) is 0 Å². The molecule has 0 saturated carbocycles. The number of hydrogen-bond donors (Lipinski definition) is 0. The van der Waals surface area contributed by atoms with Gasteiger partial charge in [0.15, 0.2) is 5.79 Å². The summed E-state index contributed by atoms with van der Waals surface area (Å²) in [6.45, 7) is 8.41. The van der Waals surface area contributed by atoms with Gasteiger partial charge in [-0.1, -0.05) is 71.1 Å². The van der Waals surface area contributed by atoms with Crippen LogP contribution in [0.5, 0.6) is 0 Å². The van der Waals surface area contributed by atoms with Gasteiger partial charge in [0.25, 0.3) is 0 Å². The van der Waals surface area contributed by atoms with E-state index in [2.05, 4.69) is 87.0 Å². The summed E-state index contributed by atoms with van der Waals surface area (Å²) in [5.74, 6) is -0.414. The highest BCUT2D eigenvalue weighted by Crippen LogP contribution is 2.47. The maximum absolute atomic E-state index is 6.37. The Hall–Kier alpha value is -1.20. The maximum Gasteiger partial charge on any atom is 0.163 e. The maximum atomic E-state index is 6.37. The zero-order chi connectivity index (χ0) is 18.9. The molecule has 5 rings (SSSR count). The third-order valence-corrected chi connectivity index (χ3v) is 7.64. The van der Waals surface area contributed by atoms with Crippen molar-refractivity contribution >= 4 is 51.6 Å². The van der Waals surface area contributed by atoms with Crippen LogP contribution in [0, 0.1) is 11.8 Å². The average molecular weight is 488 g/mol. The first-order valence-electron chi connectivity index (χ1n) is 9.18. The molecule has 0 amide bonds. The highest BCUT2D eigenvalue weighted by atomic mass is 79.9. The van der Waals surface area contributed by atoms with Crippen LogP contribution in [0.3, 0.4) is 0 Å². The lowest BCUT2D eigenvalue weighted by Crippen LogP contribution is -2.39. The van der Waals surface area contributed by atoms with E-state index in [-0.39, 0.29) is 24.0 Å². The van der Waals surface area contributed by atoms with Crippen LogP contribution in [-0.4, -0.2) is 18.0 Å². The molecule has 1 fully saturated rings. The van der Waals surface area contributed by atoms with E-state index in [4.69, 9.17) is 9.47 Å². The van der Waals surface area contributed by atoms with Crippen LogP contribution >= 0.6 is 31.9 Å². The Morgan fingerprint density at radius 2 is 1.59 bits per heavy atom. The second-order valence-corrected chi connectivity index (χ2v) is 9.54. The number of halogens is 2. The van der Waals surface area contributed by atoms with Gasteiger partial charge in [-0.2, -0.15) is 0 Å². The van der Waals surface area contributed by atoms with Gasteiger partial charge in [-0.15, -0.1) is 0 Å². The number of fused-ring (bicyclic) bond motifs is 8. The number of rotatable bonds is 0. The number of ether oxygens (including phenoxy) is 2. The molecule has 2 aromatic carbocycles. The predicted molar refractivity (Wildman–Crippen MR) is 117 cm³/mol. The Bertz CT molecular complexity index is 1130. The number of benzene rings is 2. The van der Waals surface area contributed by atoms with Gasteiger partial charge in [0.05, 0.1) is 12.2 Å². The second-order valence-electron chi connectivity index (χ2n) is 7.90. The van der Waals surface area contributed by atoms with Gasteiger partial charge in [-0.3, -0.25) is 0 Å². The summed E-state index contributed by atoms with van der Waals surface area (Å²) in [4.78, 5) is 0. The Kier molecular flexibility index (Phi) is 4.07. The molecule has 27 heavy (non-hydrogen) atoms. The Labute approximate surface area is 175 Å². The van der Waals surface area contributed by atoms with Gasteiger partial charge in [0.1, 0.15) is 0 Å². The summed E-state index contributed by atoms with van der Waals surface area (Å²) in [6.07, 6.45) is 4.38. The smallest absolute Gasteiger partial charge is 0.163 e. The van der Waals surface area contributed by atoms with E-state index in [1.165, 1.54) is 16.0 Å². The molecule has 0 N–H and O–H groups in total. The summed E-state index contributed by atoms with van der Waals surface area (Å²) >= 11 is 7.83. The lowest BCUT2D eigenvalue weighted by Gasteiger charge is -2.33. The van der Waals surface area contributed by atoms with Gasteiger partial charge in [0.2, 0.25) is 0 Å². The fraction of sp³-hybridized carbons (Fsp3) is 0.304. The standard InChI is InChI=1S/C23H20Br2O2/c1-12-14-10-11-17(22-21(14)26-23(2,3)27-22)20(25)18-15-7-5-4-6-13(15)8-9-16(18)19(12)24/h4-11,14,17,21-22H,1H2,2-3H3/b19-16+,20-18+. The van der Waals surface area contributed by atoms with E-state index < -0.39 is 5.79 Å². The first kappa shape index (κ1) is 17.9. The predicted octanol–water partition coefficient (Wildman–Crippen LogP) is 4.74. The van der Waals surface area contributed by atoms with Crippen LogP contribution in [0.15, 0.2) is 60.7 Å². The molecular weight excluding hydrogens is 468 g/mol. The second kappa shape index (κ2) is 6.15. The van der Waals surface area contributed by atoms with Crippen molar-refractivity contribution in [3.05, 3.63) is 71.1 Å². The highest BCUT2D eigenvalue weighted by molar-refractivity contribution is 9.15. The highest BCUT2D eigenvalue weighted by Gasteiger charge is 2.51. The molecule has 2 bridgehead atoms. The molecule has 2 nitrogen and oxygen atoms in total. The largest absolute Gasteiger partial charge is 0.344 e. The minimum absolute atomic E-state index is 0.0497. The van der Waals surface area contributed by atoms with Gasteiger partial charge >= 0.3 is 0 Å². The molecule has 0 spiro atoms. The molecule has 0 aromatic heterocycles. The van der Waals surface area contributed by atoms with Crippen molar-refractivity contribution < 1.29 is 9.47 Å². The third-order valence-electron chi connectivity index (χ3n) is 5.78. The minimum Gasteiger partial charge on any atom is -0.344 e. The van der Waals surface area contributed by atoms with Crippen LogP contribution in [0.4, 0.5) is 0 Å². The van der Waals surface area contributed by atoms with Crippen molar-refractivity contribution in [3.8, 4) is 0 Å². The van der Waals surface area contributed by atoms with E-state index in [9.17, 15) is 0 Å².